The molecule has 0 radical (unpaired) electrons. The molecule has 0 aromatic heterocycles. The molecule has 1 saturated carbocycles. The summed E-state index contributed by atoms with van der Waals surface area (Å²) in [5.74, 6) is 1.24. The van der Waals surface area contributed by atoms with Gasteiger partial charge in [-0.3, -0.25) is 4.79 Å². The van der Waals surface area contributed by atoms with Crippen molar-refractivity contribution in [3.63, 3.8) is 0 Å². The van der Waals surface area contributed by atoms with Crippen molar-refractivity contribution < 1.29 is 9.53 Å². The highest BCUT2D eigenvalue weighted by molar-refractivity contribution is 5.75. The molecule has 0 aromatic carbocycles. The van der Waals surface area contributed by atoms with Crippen LogP contribution in [-0.2, 0) is 9.53 Å². The zero-order valence-electron chi connectivity index (χ0n) is 15.7. The van der Waals surface area contributed by atoms with Crippen LogP contribution in [0.25, 0.3) is 0 Å². The average Bonchev–Trinajstić information content (AvgIpc) is 3.04. The van der Waals surface area contributed by atoms with Crippen molar-refractivity contribution >= 4 is 5.97 Å². The van der Waals surface area contributed by atoms with Gasteiger partial charge in [-0.2, -0.15) is 0 Å². The van der Waals surface area contributed by atoms with Crippen LogP contribution in [0.3, 0.4) is 0 Å². The Kier molecular flexibility index (Phi) is 11.5. The normalized spacial score (nSPS) is 22.5. The largest absolute Gasteiger partial charge is 0.468 e. The molecule has 0 heterocycles. The molecule has 3 heteroatoms. The minimum Gasteiger partial charge on any atom is -0.468 e. The predicted octanol–water partition coefficient (Wildman–Crippen LogP) is 5.16. The van der Waals surface area contributed by atoms with Crippen LogP contribution >= 0.6 is 0 Å². The first-order valence-electron chi connectivity index (χ1n) is 9.84. The molecule has 0 saturated heterocycles. The van der Waals surface area contributed by atoms with Crippen molar-refractivity contribution in [2.45, 2.75) is 83.6 Å². The number of carbonyl (C=O) groups excluding carboxylic acids is 1. The summed E-state index contributed by atoms with van der Waals surface area (Å²) in [7, 11) is 1.38. The lowest BCUT2D eigenvalue weighted by atomic mass is 9.92. The number of esters is 1. The molecule has 1 fully saturated rings. The van der Waals surface area contributed by atoms with Gasteiger partial charge in [0.25, 0.3) is 0 Å². The average molecular weight is 336 g/mol. The molecule has 1 rings (SSSR count). The van der Waals surface area contributed by atoms with Gasteiger partial charge in [-0.25, -0.2) is 0 Å². The van der Waals surface area contributed by atoms with E-state index in [2.05, 4.69) is 36.0 Å². The first-order chi connectivity index (χ1) is 11.7. The minimum absolute atomic E-state index is 0.316. The minimum atomic E-state index is -0.491. The number of rotatable bonds is 12. The Balaban J connectivity index is 2.20. The maximum atomic E-state index is 11.2. The van der Waals surface area contributed by atoms with E-state index in [-0.39, 0.29) is 5.97 Å². The maximum absolute atomic E-state index is 11.2. The van der Waals surface area contributed by atoms with E-state index < -0.39 is 6.04 Å². The molecular weight excluding hydrogens is 298 g/mol. The second-order valence-electron chi connectivity index (χ2n) is 7.05. The zero-order valence-corrected chi connectivity index (χ0v) is 15.7. The van der Waals surface area contributed by atoms with Gasteiger partial charge in [0, 0.05) is 0 Å². The Hall–Kier alpha value is -1.09. The number of hydrogen-bond acceptors (Lipinski definition) is 3. The molecule has 0 bridgehead atoms. The number of ether oxygens (including phenoxy) is 1. The Morgan fingerprint density at radius 2 is 2.00 bits per heavy atom. The molecule has 24 heavy (non-hydrogen) atoms. The van der Waals surface area contributed by atoms with Gasteiger partial charge in [-0.05, 0) is 56.8 Å². The molecule has 2 N–H and O–H groups in total. The third-order valence-corrected chi connectivity index (χ3v) is 5.08. The van der Waals surface area contributed by atoms with Crippen molar-refractivity contribution in [1.82, 2.24) is 0 Å². The summed E-state index contributed by atoms with van der Waals surface area (Å²) >= 11 is 0. The molecule has 0 aromatic rings. The van der Waals surface area contributed by atoms with Crippen LogP contribution in [0.5, 0.6) is 0 Å². The fourth-order valence-corrected chi connectivity index (χ4v) is 3.51. The smallest absolute Gasteiger partial charge is 0.322 e. The van der Waals surface area contributed by atoms with Gasteiger partial charge in [0.05, 0.1) is 7.11 Å². The highest BCUT2D eigenvalue weighted by Gasteiger charge is 2.23. The Morgan fingerprint density at radius 3 is 2.75 bits per heavy atom. The summed E-state index contributed by atoms with van der Waals surface area (Å²) in [5, 5.41) is 0. The van der Waals surface area contributed by atoms with E-state index in [0.717, 1.165) is 24.7 Å². The molecule has 1 aliphatic rings. The van der Waals surface area contributed by atoms with Crippen molar-refractivity contribution in [3.8, 4) is 0 Å². The fraction of sp³-hybridized carbons (Fsp3) is 0.762. The Bertz CT molecular complexity index is 389. The van der Waals surface area contributed by atoms with Gasteiger partial charge in [-0.1, -0.05) is 56.9 Å². The topological polar surface area (TPSA) is 52.3 Å². The van der Waals surface area contributed by atoms with E-state index in [1.165, 1.54) is 58.5 Å². The SMILES string of the molecule is CCCCCCC=C[C@H]1CCC[C@@H]1CC=CCCC(N)C(=O)OC. The number of carbonyl (C=O) groups is 1. The summed E-state index contributed by atoms with van der Waals surface area (Å²) in [6.45, 7) is 2.26. The van der Waals surface area contributed by atoms with E-state index in [9.17, 15) is 4.79 Å². The van der Waals surface area contributed by atoms with Crippen LogP contribution in [0.4, 0.5) is 0 Å². The summed E-state index contributed by atoms with van der Waals surface area (Å²) in [4.78, 5) is 11.2. The van der Waals surface area contributed by atoms with Crippen LogP contribution in [0, 0.1) is 11.8 Å². The summed E-state index contributed by atoms with van der Waals surface area (Å²) in [6.07, 6.45) is 22.7. The molecular formula is C21H37NO2. The van der Waals surface area contributed by atoms with E-state index >= 15 is 0 Å². The number of unbranched alkanes of at least 4 members (excludes halogenated alkanes) is 4. The van der Waals surface area contributed by atoms with Crippen molar-refractivity contribution in [2.75, 3.05) is 7.11 Å². The number of hydrogen-bond donors (Lipinski definition) is 1. The van der Waals surface area contributed by atoms with Crippen molar-refractivity contribution in [2.24, 2.45) is 17.6 Å². The quantitative estimate of drug-likeness (QED) is 0.304. The summed E-state index contributed by atoms with van der Waals surface area (Å²) < 4.78 is 4.64. The van der Waals surface area contributed by atoms with E-state index in [4.69, 9.17) is 5.73 Å². The third kappa shape index (κ3) is 8.68. The molecule has 1 unspecified atom stereocenters. The second kappa shape index (κ2) is 13.2. The summed E-state index contributed by atoms with van der Waals surface area (Å²) in [6, 6.07) is -0.491. The standard InChI is InChI=1S/C21H37NO2/c1-3-4-5-6-7-9-13-18-15-12-16-19(18)14-10-8-11-17-20(22)21(23)24-2/h8-10,13,18-20H,3-7,11-12,14-17,22H2,1-2H3/t18-,19-,20?/m0/s1. The molecule has 3 nitrogen and oxygen atoms in total. The predicted molar refractivity (Wildman–Crippen MR) is 102 cm³/mol. The molecule has 3 atom stereocenters. The Morgan fingerprint density at radius 1 is 1.17 bits per heavy atom. The maximum Gasteiger partial charge on any atom is 0.322 e. The van der Waals surface area contributed by atoms with Gasteiger partial charge in [-0.15, -0.1) is 0 Å². The third-order valence-electron chi connectivity index (χ3n) is 5.08. The highest BCUT2D eigenvalue weighted by atomic mass is 16.5. The first-order valence-corrected chi connectivity index (χ1v) is 9.84. The second-order valence-corrected chi connectivity index (χ2v) is 7.05. The lowest BCUT2D eigenvalue weighted by Gasteiger charge is -2.14. The summed E-state index contributed by atoms with van der Waals surface area (Å²) in [5.41, 5.74) is 5.73. The number of nitrogens with two attached hydrogens (primary N) is 1. The zero-order chi connectivity index (χ0) is 17.6. The number of methoxy groups -OCH3 is 1. The van der Waals surface area contributed by atoms with E-state index in [1.807, 2.05) is 0 Å². The van der Waals surface area contributed by atoms with Crippen molar-refractivity contribution in [3.05, 3.63) is 24.3 Å². The highest BCUT2D eigenvalue weighted by Crippen LogP contribution is 2.35. The molecule has 0 spiro atoms. The van der Waals surface area contributed by atoms with Crippen LogP contribution in [0.2, 0.25) is 0 Å². The molecule has 0 amide bonds. The monoisotopic (exact) mass is 335 g/mol. The first kappa shape index (κ1) is 21.0. The van der Waals surface area contributed by atoms with Gasteiger partial charge in [0.1, 0.15) is 6.04 Å². The number of allylic oxidation sites excluding steroid dienone is 4. The van der Waals surface area contributed by atoms with Crippen LogP contribution < -0.4 is 5.73 Å². The fourth-order valence-electron chi connectivity index (χ4n) is 3.51. The lowest BCUT2D eigenvalue weighted by Crippen LogP contribution is -2.31. The van der Waals surface area contributed by atoms with Crippen LogP contribution in [0.15, 0.2) is 24.3 Å². The van der Waals surface area contributed by atoms with Gasteiger partial charge in [0.15, 0.2) is 0 Å². The van der Waals surface area contributed by atoms with E-state index in [1.54, 1.807) is 0 Å². The van der Waals surface area contributed by atoms with Gasteiger partial charge >= 0.3 is 5.97 Å². The van der Waals surface area contributed by atoms with Crippen LogP contribution in [0.1, 0.15) is 77.6 Å². The van der Waals surface area contributed by atoms with E-state index in [0.29, 0.717) is 6.42 Å². The molecule has 0 aliphatic heterocycles. The molecule has 138 valence electrons. The van der Waals surface area contributed by atoms with Gasteiger partial charge < -0.3 is 10.5 Å². The van der Waals surface area contributed by atoms with Crippen molar-refractivity contribution in [1.29, 1.82) is 0 Å². The van der Waals surface area contributed by atoms with Gasteiger partial charge in [0.2, 0.25) is 0 Å². The lowest BCUT2D eigenvalue weighted by molar-refractivity contribution is -0.142. The molecule has 1 aliphatic carbocycles. The van der Waals surface area contributed by atoms with Crippen LogP contribution in [-0.4, -0.2) is 19.1 Å². The Labute approximate surface area is 148 Å².